The smallest absolute Gasteiger partial charge is 0.258 e. The van der Waals surface area contributed by atoms with Crippen LogP contribution in [0.3, 0.4) is 0 Å². The van der Waals surface area contributed by atoms with Gasteiger partial charge in [-0.2, -0.15) is 5.10 Å². The summed E-state index contributed by atoms with van der Waals surface area (Å²) in [6, 6.07) is 10.8. The van der Waals surface area contributed by atoms with E-state index in [1.807, 2.05) is 37.3 Å². The third-order valence-corrected chi connectivity index (χ3v) is 5.95. The number of rotatable bonds is 6. The van der Waals surface area contributed by atoms with Gasteiger partial charge in [0.15, 0.2) is 5.03 Å². The zero-order valence-corrected chi connectivity index (χ0v) is 14.7. The monoisotopic (exact) mass is 349 g/mol. The van der Waals surface area contributed by atoms with Crippen molar-refractivity contribution < 1.29 is 13.5 Å². The van der Waals surface area contributed by atoms with Crippen LogP contribution in [-0.4, -0.2) is 29.4 Å². The van der Waals surface area contributed by atoms with Crippen molar-refractivity contribution in [1.29, 1.82) is 0 Å². The SMILES string of the molecule is CCn1nc(C)cc1S(=O)(=O)N[C@@H](c1ccccc1)C1CC(O)C1. The van der Waals surface area contributed by atoms with Crippen molar-refractivity contribution in [1.82, 2.24) is 14.5 Å². The molecular formula is C17H23N3O3S. The minimum absolute atomic E-state index is 0.0938. The van der Waals surface area contributed by atoms with Crippen LogP contribution in [0.25, 0.3) is 0 Å². The molecule has 1 saturated carbocycles. The molecule has 1 aromatic carbocycles. The normalized spacial score (nSPS) is 22.1. The van der Waals surface area contributed by atoms with Gasteiger partial charge in [-0.1, -0.05) is 30.3 Å². The van der Waals surface area contributed by atoms with Gasteiger partial charge in [-0.05, 0) is 44.2 Å². The van der Waals surface area contributed by atoms with Crippen molar-refractivity contribution >= 4 is 10.0 Å². The molecule has 130 valence electrons. The Morgan fingerprint density at radius 3 is 2.58 bits per heavy atom. The Morgan fingerprint density at radius 1 is 1.33 bits per heavy atom. The van der Waals surface area contributed by atoms with Crippen molar-refractivity contribution in [2.45, 2.75) is 50.4 Å². The number of nitrogens with zero attached hydrogens (tertiary/aromatic N) is 2. The van der Waals surface area contributed by atoms with Gasteiger partial charge in [-0.15, -0.1) is 0 Å². The van der Waals surface area contributed by atoms with E-state index < -0.39 is 10.0 Å². The van der Waals surface area contributed by atoms with Crippen LogP contribution in [0, 0.1) is 12.8 Å². The first kappa shape index (κ1) is 17.1. The van der Waals surface area contributed by atoms with Crippen molar-refractivity contribution in [3.8, 4) is 0 Å². The fourth-order valence-corrected chi connectivity index (χ4v) is 4.75. The fraction of sp³-hybridized carbons (Fsp3) is 0.471. The van der Waals surface area contributed by atoms with E-state index in [4.69, 9.17) is 0 Å². The Kier molecular flexibility index (Phi) is 4.76. The van der Waals surface area contributed by atoms with E-state index in [0.717, 1.165) is 5.56 Å². The molecule has 1 aromatic heterocycles. The van der Waals surface area contributed by atoms with Crippen LogP contribution in [0.4, 0.5) is 0 Å². The molecule has 0 amide bonds. The second-order valence-corrected chi connectivity index (χ2v) is 8.00. The van der Waals surface area contributed by atoms with Gasteiger partial charge < -0.3 is 5.11 Å². The molecule has 1 heterocycles. The third kappa shape index (κ3) is 3.38. The van der Waals surface area contributed by atoms with Crippen LogP contribution in [0.2, 0.25) is 0 Å². The molecule has 1 aliphatic carbocycles. The summed E-state index contributed by atoms with van der Waals surface area (Å²) in [4.78, 5) is 0. The van der Waals surface area contributed by atoms with Gasteiger partial charge in [0, 0.05) is 6.54 Å². The minimum Gasteiger partial charge on any atom is -0.393 e. The second-order valence-electron chi connectivity index (χ2n) is 6.33. The second kappa shape index (κ2) is 6.66. The summed E-state index contributed by atoms with van der Waals surface area (Å²) < 4.78 is 30.1. The van der Waals surface area contributed by atoms with Gasteiger partial charge in [0.05, 0.1) is 17.8 Å². The highest BCUT2D eigenvalue weighted by molar-refractivity contribution is 7.89. The molecule has 0 radical (unpaired) electrons. The number of aryl methyl sites for hydroxylation is 2. The predicted molar refractivity (Wildman–Crippen MR) is 90.9 cm³/mol. The Labute approximate surface area is 142 Å². The van der Waals surface area contributed by atoms with Crippen molar-refractivity contribution in [3.05, 3.63) is 47.7 Å². The zero-order chi connectivity index (χ0) is 17.3. The lowest BCUT2D eigenvalue weighted by molar-refractivity contribution is 0.0280. The first-order chi connectivity index (χ1) is 11.4. The van der Waals surface area contributed by atoms with Crippen LogP contribution in [0.15, 0.2) is 41.4 Å². The number of aliphatic hydroxyl groups excluding tert-OH is 1. The van der Waals surface area contributed by atoms with Crippen molar-refractivity contribution in [2.75, 3.05) is 0 Å². The van der Waals surface area contributed by atoms with Gasteiger partial charge in [0.25, 0.3) is 10.0 Å². The van der Waals surface area contributed by atoms with Gasteiger partial charge in [0.2, 0.25) is 0 Å². The summed E-state index contributed by atoms with van der Waals surface area (Å²) in [6.07, 6.45) is 0.872. The lowest BCUT2D eigenvalue weighted by Gasteiger charge is -2.38. The maximum absolute atomic E-state index is 12.9. The summed E-state index contributed by atoms with van der Waals surface area (Å²) in [5.41, 5.74) is 1.59. The summed E-state index contributed by atoms with van der Waals surface area (Å²) in [5.74, 6) is 0.0938. The van der Waals surface area contributed by atoms with E-state index in [0.29, 0.717) is 25.1 Å². The summed E-state index contributed by atoms with van der Waals surface area (Å²) in [5, 5.41) is 14.0. The Balaban J connectivity index is 1.91. The van der Waals surface area contributed by atoms with E-state index in [-0.39, 0.29) is 23.1 Å². The first-order valence-electron chi connectivity index (χ1n) is 8.20. The maximum atomic E-state index is 12.9. The number of aliphatic hydroxyl groups is 1. The number of nitrogens with one attached hydrogen (secondary N) is 1. The Morgan fingerprint density at radius 2 is 2.00 bits per heavy atom. The molecule has 1 atom stereocenters. The molecule has 1 fully saturated rings. The lowest BCUT2D eigenvalue weighted by atomic mass is 9.75. The fourth-order valence-electron chi connectivity index (χ4n) is 3.19. The Hall–Kier alpha value is -1.70. The van der Waals surface area contributed by atoms with Crippen LogP contribution in [0.5, 0.6) is 0 Å². The minimum atomic E-state index is -3.70. The standard InChI is InChI=1S/C17H23N3O3S/c1-3-20-16(9-12(2)18-20)24(22,23)19-17(14-10-15(21)11-14)13-7-5-4-6-8-13/h4-9,14-15,17,19,21H,3,10-11H2,1-2H3/t14?,15?,17-/m0/s1. The third-order valence-electron chi connectivity index (χ3n) is 4.50. The summed E-state index contributed by atoms with van der Waals surface area (Å²) >= 11 is 0. The number of hydrogen-bond acceptors (Lipinski definition) is 4. The Bertz CT molecular complexity index is 796. The van der Waals surface area contributed by atoms with E-state index in [9.17, 15) is 13.5 Å². The van der Waals surface area contributed by atoms with Gasteiger partial charge >= 0.3 is 0 Å². The van der Waals surface area contributed by atoms with E-state index in [1.165, 1.54) is 4.68 Å². The van der Waals surface area contributed by atoms with Crippen LogP contribution in [0.1, 0.15) is 37.1 Å². The summed E-state index contributed by atoms with van der Waals surface area (Å²) in [6.45, 7) is 4.13. The largest absolute Gasteiger partial charge is 0.393 e. The molecule has 6 nitrogen and oxygen atoms in total. The molecule has 1 aliphatic rings. The molecular weight excluding hydrogens is 326 g/mol. The highest BCUT2D eigenvalue weighted by atomic mass is 32.2. The van der Waals surface area contributed by atoms with E-state index >= 15 is 0 Å². The van der Waals surface area contributed by atoms with Gasteiger partial charge in [-0.25, -0.2) is 13.1 Å². The molecule has 0 unspecified atom stereocenters. The number of hydrogen-bond donors (Lipinski definition) is 2. The highest BCUT2D eigenvalue weighted by Gasteiger charge is 2.37. The average molecular weight is 349 g/mol. The average Bonchev–Trinajstić information content (AvgIpc) is 2.93. The molecule has 0 saturated heterocycles. The lowest BCUT2D eigenvalue weighted by Crippen LogP contribution is -2.41. The molecule has 2 N–H and O–H groups in total. The molecule has 0 bridgehead atoms. The van der Waals surface area contributed by atoms with Gasteiger partial charge in [-0.3, -0.25) is 4.68 Å². The zero-order valence-electron chi connectivity index (χ0n) is 13.9. The van der Waals surface area contributed by atoms with Crippen LogP contribution in [-0.2, 0) is 16.6 Å². The number of benzene rings is 1. The molecule has 2 aromatic rings. The predicted octanol–water partition coefficient (Wildman–Crippen LogP) is 2.00. The molecule has 24 heavy (non-hydrogen) atoms. The van der Waals surface area contributed by atoms with Gasteiger partial charge in [0.1, 0.15) is 0 Å². The number of aromatic nitrogens is 2. The first-order valence-corrected chi connectivity index (χ1v) is 9.69. The molecule has 3 rings (SSSR count). The number of sulfonamides is 1. The highest BCUT2D eigenvalue weighted by Crippen LogP contribution is 2.38. The maximum Gasteiger partial charge on any atom is 0.258 e. The van der Waals surface area contributed by atoms with E-state index in [2.05, 4.69) is 9.82 Å². The van der Waals surface area contributed by atoms with Crippen molar-refractivity contribution in [2.24, 2.45) is 5.92 Å². The summed E-state index contributed by atoms with van der Waals surface area (Å²) in [7, 11) is -3.70. The van der Waals surface area contributed by atoms with Crippen LogP contribution >= 0.6 is 0 Å². The van der Waals surface area contributed by atoms with Crippen molar-refractivity contribution in [3.63, 3.8) is 0 Å². The topological polar surface area (TPSA) is 84.2 Å². The van der Waals surface area contributed by atoms with Crippen LogP contribution < -0.4 is 4.72 Å². The van der Waals surface area contributed by atoms with E-state index in [1.54, 1.807) is 13.0 Å². The molecule has 0 aliphatic heterocycles. The molecule has 0 spiro atoms. The molecule has 7 heteroatoms. The quantitative estimate of drug-likeness (QED) is 0.835.